The van der Waals surface area contributed by atoms with Crippen molar-refractivity contribution in [1.29, 1.82) is 0 Å². The van der Waals surface area contributed by atoms with Crippen LogP contribution in [0.25, 0.3) is 0 Å². The second kappa shape index (κ2) is 7.19. The summed E-state index contributed by atoms with van der Waals surface area (Å²) in [6.07, 6.45) is 3.63. The van der Waals surface area contributed by atoms with Gasteiger partial charge in [-0.25, -0.2) is 0 Å². The lowest BCUT2D eigenvalue weighted by Gasteiger charge is -2.35. The molecular formula is C19H21N3O3. The first-order valence-electron chi connectivity index (χ1n) is 8.71. The largest absolute Gasteiger partial charge is 0.471 e. The average Bonchev–Trinajstić information content (AvgIpc) is 2.68. The van der Waals surface area contributed by atoms with Crippen LogP contribution in [0.4, 0.5) is 0 Å². The van der Waals surface area contributed by atoms with Gasteiger partial charge in [0.05, 0.1) is 13.2 Å². The van der Waals surface area contributed by atoms with E-state index in [9.17, 15) is 4.79 Å². The van der Waals surface area contributed by atoms with Crippen molar-refractivity contribution in [2.24, 2.45) is 0 Å². The summed E-state index contributed by atoms with van der Waals surface area (Å²) in [5.41, 5.74) is 2.38. The Balaban J connectivity index is 1.39. The van der Waals surface area contributed by atoms with E-state index in [2.05, 4.69) is 22.3 Å². The average molecular weight is 339 g/mol. The molecule has 2 aromatic rings. The number of fused-ring (bicyclic) bond motifs is 1. The Morgan fingerprint density at radius 3 is 2.92 bits per heavy atom. The highest BCUT2D eigenvalue weighted by molar-refractivity contribution is 5.81. The molecule has 1 saturated heterocycles. The number of amides is 1. The van der Waals surface area contributed by atoms with Gasteiger partial charge in [0.1, 0.15) is 12.2 Å². The van der Waals surface area contributed by atoms with Crippen LogP contribution in [0.15, 0.2) is 42.6 Å². The van der Waals surface area contributed by atoms with Gasteiger partial charge in [-0.05, 0) is 30.0 Å². The standard InChI is InChI=1S/C19H21N3O3/c23-19(17-11-14-5-1-2-6-15(14)13-24-17)22-10-4-7-16(12-22)25-18-8-3-9-20-21-18/h1-3,5-6,8-9,16-17H,4,7,10-13H2. The molecule has 0 bridgehead atoms. The third-order valence-electron chi connectivity index (χ3n) is 4.76. The quantitative estimate of drug-likeness (QED) is 0.856. The molecule has 0 saturated carbocycles. The Hall–Kier alpha value is -2.47. The van der Waals surface area contributed by atoms with Crippen LogP contribution in [0.3, 0.4) is 0 Å². The predicted molar refractivity (Wildman–Crippen MR) is 91.0 cm³/mol. The number of hydrogen-bond acceptors (Lipinski definition) is 5. The van der Waals surface area contributed by atoms with Gasteiger partial charge in [-0.2, -0.15) is 5.10 Å². The third kappa shape index (κ3) is 3.64. The first kappa shape index (κ1) is 16.0. The van der Waals surface area contributed by atoms with Crippen molar-refractivity contribution in [3.8, 4) is 5.88 Å². The molecule has 6 heteroatoms. The van der Waals surface area contributed by atoms with Crippen molar-refractivity contribution >= 4 is 5.91 Å². The Labute approximate surface area is 146 Å². The molecule has 2 aliphatic rings. The highest BCUT2D eigenvalue weighted by Gasteiger charge is 2.32. The maximum atomic E-state index is 12.9. The van der Waals surface area contributed by atoms with Gasteiger partial charge in [-0.3, -0.25) is 4.79 Å². The first-order chi connectivity index (χ1) is 12.3. The summed E-state index contributed by atoms with van der Waals surface area (Å²) < 4.78 is 11.7. The van der Waals surface area contributed by atoms with Crippen molar-refractivity contribution in [2.45, 2.75) is 38.1 Å². The normalized spacial score (nSPS) is 23.0. The molecule has 2 atom stereocenters. The smallest absolute Gasteiger partial charge is 0.252 e. The number of ether oxygens (including phenoxy) is 2. The Kier molecular flexibility index (Phi) is 4.61. The fraction of sp³-hybridized carbons (Fsp3) is 0.421. The molecule has 4 rings (SSSR count). The summed E-state index contributed by atoms with van der Waals surface area (Å²) in [6, 6.07) is 11.7. The van der Waals surface area contributed by atoms with Crippen molar-refractivity contribution in [1.82, 2.24) is 15.1 Å². The van der Waals surface area contributed by atoms with Crippen LogP contribution in [0.1, 0.15) is 24.0 Å². The Morgan fingerprint density at radius 1 is 1.20 bits per heavy atom. The summed E-state index contributed by atoms with van der Waals surface area (Å²) in [4.78, 5) is 14.7. The van der Waals surface area contributed by atoms with Gasteiger partial charge in [0.25, 0.3) is 5.91 Å². The molecule has 2 aliphatic heterocycles. The van der Waals surface area contributed by atoms with Crippen LogP contribution in [0, 0.1) is 0 Å². The van der Waals surface area contributed by atoms with E-state index in [0.29, 0.717) is 25.5 Å². The van der Waals surface area contributed by atoms with Gasteiger partial charge in [-0.15, -0.1) is 5.10 Å². The molecule has 6 nitrogen and oxygen atoms in total. The topological polar surface area (TPSA) is 64.5 Å². The van der Waals surface area contributed by atoms with Gasteiger partial charge in [0.2, 0.25) is 5.88 Å². The highest BCUT2D eigenvalue weighted by atomic mass is 16.5. The fourth-order valence-corrected chi connectivity index (χ4v) is 3.46. The summed E-state index contributed by atoms with van der Waals surface area (Å²) in [5, 5.41) is 7.78. The first-order valence-corrected chi connectivity index (χ1v) is 8.71. The minimum Gasteiger partial charge on any atom is -0.471 e. The lowest BCUT2D eigenvalue weighted by molar-refractivity contribution is -0.148. The highest BCUT2D eigenvalue weighted by Crippen LogP contribution is 2.23. The molecule has 0 N–H and O–H groups in total. The maximum Gasteiger partial charge on any atom is 0.252 e. The molecular weight excluding hydrogens is 318 g/mol. The molecule has 2 unspecified atom stereocenters. The van der Waals surface area contributed by atoms with Crippen LogP contribution >= 0.6 is 0 Å². The number of carbonyl (C=O) groups is 1. The van der Waals surface area contributed by atoms with Crippen LogP contribution in [0.2, 0.25) is 0 Å². The van der Waals surface area contributed by atoms with Gasteiger partial charge < -0.3 is 14.4 Å². The summed E-state index contributed by atoms with van der Waals surface area (Å²) >= 11 is 0. The van der Waals surface area contributed by atoms with E-state index < -0.39 is 6.10 Å². The Morgan fingerprint density at radius 2 is 2.08 bits per heavy atom. The second-order valence-corrected chi connectivity index (χ2v) is 6.50. The molecule has 0 spiro atoms. The number of hydrogen-bond donors (Lipinski definition) is 0. The second-order valence-electron chi connectivity index (χ2n) is 6.50. The van der Waals surface area contributed by atoms with E-state index in [1.165, 1.54) is 11.1 Å². The van der Waals surface area contributed by atoms with Gasteiger partial charge in [-0.1, -0.05) is 24.3 Å². The van der Waals surface area contributed by atoms with E-state index in [1.54, 1.807) is 18.3 Å². The zero-order valence-electron chi connectivity index (χ0n) is 14.0. The molecule has 0 aliphatic carbocycles. The fourth-order valence-electron chi connectivity index (χ4n) is 3.46. The number of benzene rings is 1. The van der Waals surface area contributed by atoms with Crippen LogP contribution in [-0.4, -0.2) is 46.3 Å². The van der Waals surface area contributed by atoms with Crippen LogP contribution in [0.5, 0.6) is 5.88 Å². The minimum atomic E-state index is -0.398. The van der Waals surface area contributed by atoms with Crippen LogP contribution < -0.4 is 4.74 Å². The van der Waals surface area contributed by atoms with Crippen molar-refractivity contribution in [3.05, 3.63) is 53.7 Å². The van der Waals surface area contributed by atoms with Gasteiger partial charge >= 0.3 is 0 Å². The number of rotatable bonds is 3. The summed E-state index contributed by atoms with van der Waals surface area (Å²) in [5.74, 6) is 0.562. The SMILES string of the molecule is O=C(C1Cc2ccccc2CO1)N1CCCC(Oc2cccnn2)C1. The molecule has 1 fully saturated rings. The van der Waals surface area contributed by atoms with E-state index in [0.717, 1.165) is 19.4 Å². The summed E-state index contributed by atoms with van der Waals surface area (Å²) in [6.45, 7) is 1.82. The maximum absolute atomic E-state index is 12.9. The molecule has 1 aromatic carbocycles. The van der Waals surface area contributed by atoms with Gasteiger partial charge in [0.15, 0.2) is 0 Å². The number of piperidine rings is 1. The van der Waals surface area contributed by atoms with E-state index in [4.69, 9.17) is 9.47 Å². The molecule has 130 valence electrons. The molecule has 1 amide bonds. The van der Waals surface area contributed by atoms with Crippen molar-refractivity contribution < 1.29 is 14.3 Å². The molecule has 25 heavy (non-hydrogen) atoms. The predicted octanol–water partition coefficient (Wildman–Crippen LogP) is 1.99. The lowest BCUT2D eigenvalue weighted by atomic mass is 9.98. The van der Waals surface area contributed by atoms with E-state index in [-0.39, 0.29) is 12.0 Å². The molecule has 3 heterocycles. The zero-order valence-corrected chi connectivity index (χ0v) is 14.0. The van der Waals surface area contributed by atoms with Crippen molar-refractivity contribution in [3.63, 3.8) is 0 Å². The summed E-state index contributed by atoms with van der Waals surface area (Å²) in [7, 11) is 0. The Bertz CT molecular complexity index is 738. The van der Waals surface area contributed by atoms with E-state index in [1.807, 2.05) is 17.0 Å². The van der Waals surface area contributed by atoms with Gasteiger partial charge in [0, 0.05) is 25.2 Å². The minimum absolute atomic E-state index is 0.0507. The zero-order chi connectivity index (χ0) is 17.1. The number of nitrogens with zero attached hydrogens (tertiary/aromatic N) is 3. The number of aromatic nitrogens is 2. The molecule has 1 aromatic heterocycles. The lowest BCUT2D eigenvalue weighted by Crippen LogP contribution is -2.49. The molecule has 0 radical (unpaired) electrons. The third-order valence-corrected chi connectivity index (χ3v) is 4.76. The number of carbonyl (C=O) groups excluding carboxylic acids is 1. The van der Waals surface area contributed by atoms with E-state index >= 15 is 0 Å². The van der Waals surface area contributed by atoms with Crippen molar-refractivity contribution in [2.75, 3.05) is 13.1 Å². The monoisotopic (exact) mass is 339 g/mol. The number of likely N-dealkylation sites (tertiary alicyclic amines) is 1. The van der Waals surface area contributed by atoms with Crippen LogP contribution in [-0.2, 0) is 22.6 Å².